The number of amides is 1. The number of carbonyl (C=O) groups is 2. The van der Waals surface area contributed by atoms with Crippen molar-refractivity contribution in [3.8, 4) is 0 Å². The molecule has 0 radical (unpaired) electrons. The number of esters is 1. The van der Waals surface area contributed by atoms with Crippen LogP contribution in [-0.4, -0.2) is 23.1 Å². The van der Waals surface area contributed by atoms with E-state index in [1.54, 1.807) is 18.3 Å². The van der Waals surface area contributed by atoms with Gasteiger partial charge in [-0.25, -0.2) is 9.59 Å². The van der Waals surface area contributed by atoms with Crippen molar-refractivity contribution in [2.45, 2.75) is 39.5 Å². The van der Waals surface area contributed by atoms with E-state index in [2.05, 4.69) is 10.3 Å². The number of ether oxygens (including phenoxy) is 2. The van der Waals surface area contributed by atoms with Gasteiger partial charge >= 0.3 is 12.1 Å². The van der Waals surface area contributed by atoms with Gasteiger partial charge in [0.15, 0.2) is 0 Å². The van der Waals surface area contributed by atoms with Crippen molar-refractivity contribution in [1.29, 1.82) is 0 Å². The van der Waals surface area contributed by atoms with Crippen LogP contribution in [0.25, 0.3) is 0 Å². The molecule has 6 heteroatoms. The van der Waals surface area contributed by atoms with Crippen molar-refractivity contribution >= 4 is 12.1 Å². The van der Waals surface area contributed by atoms with Crippen LogP contribution in [0.15, 0.2) is 54.7 Å². The third kappa shape index (κ3) is 6.20. The lowest BCUT2D eigenvalue weighted by molar-refractivity contribution is -0.149. The van der Waals surface area contributed by atoms with Gasteiger partial charge in [-0.2, -0.15) is 0 Å². The first kappa shape index (κ1) is 19.4. The molecule has 2 atom stereocenters. The zero-order valence-electron chi connectivity index (χ0n) is 15.1. The molecule has 0 aliphatic carbocycles. The van der Waals surface area contributed by atoms with Crippen LogP contribution < -0.4 is 5.32 Å². The molecule has 1 aromatic heterocycles. The van der Waals surface area contributed by atoms with Gasteiger partial charge in [-0.15, -0.1) is 0 Å². The summed E-state index contributed by atoms with van der Waals surface area (Å²) in [6.07, 6.45) is 1.70. The van der Waals surface area contributed by atoms with Crippen LogP contribution in [0.3, 0.4) is 0 Å². The average Bonchev–Trinajstić information content (AvgIpc) is 2.69. The smallest absolute Gasteiger partial charge is 0.408 e. The number of rotatable bonds is 8. The van der Waals surface area contributed by atoms with Gasteiger partial charge in [-0.05, 0) is 23.6 Å². The minimum atomic E-state index is -0.771. The van der Waals surface area contributed by atoms with Gasteiger partial charge in [-0.3, -0.25) is 4.98 Å². The number of hydrogen-bond acceptors (Lipinski definition) is 5. The molecular weight excluding hydrogens is 332 g/mol. The Morgan fingerprint density at radius 1 is 1.04 bits per heavy atom. The highest BCUT2D eigenvalue weighted by molar-refractivity contribution is 5.81. The third-order valence-corrected chi connectivity index (χ3v) is 4.04. The molecule has 1 amide bonds. The van der Waals surface area contributed by atoms with E-state index >= 15 is 0 Å². The van der Waals surface area contributed by atoms with Crippen LogP contribution in [-0.2, 0) is 27.5 Å². The number of hydrogen-bond donors (Lipinski definition) is 1. The largest absolute Gasteiger partial charge is 0.458 e. The molecule has 0 saturated carbocycles. The first-order valence-corrected chi connectivity index (χ1v) is 8.64. The molecule has 26 heavy (non-hydrogen) atoms. The summed E-state index contributed by atoms with van der Waals surface area (Å²) in [5.41, 5.74) is 1.52. The average molecular weight is 356 g/mol. The third-order valence-electron chi connectivity index (χ3n) is 4.04. The monoisotopic (exact) mass is 356 g/mol. The number of alkyl carbamates (subject to hydrolysis) is 1. The van der Waals surface area contributed by atoms with Crippen LogP contribution in [0.2, 0.25) is 0 Å². The summed E-state index contributed by atoms with van der Waals surface area (Å²) < 4.78 is 10.5. The lowest BCUT2D eigenvalue weighted by atomic mass is 9.99. The summed E-state index contributed by atoms with van der Waals surface area (Å²) in [6.45, 7) is 4.03. The highest BCUT2D eigenvalue weighted by Gasteiger charge is 2.28. The summed E-state index contributed by atoms with van der Waals surface area (Å²) >= 11 is 0. The molecule has 2 aromatic rings. The summed E-state index contributed by atoms with van der Waals surface area (Å²) in [6, 6.07) is 14.0. The van der Waals surface area contributed by atoms with Gasteiger partial charge in [0, 0.05) is 6.20 Å². The van der Waals surface area contributed by atoms with Crippen LogP contribution in [0.4, 0.5) is 4.79 Å². The molecule has 0 fully saturated rings. The summed E-state index contributed by atoms with van der Waals surface area (Å²) in [5.74, 6) is -0.586. The Labute approximate surface area is 153 Å². The van der Waals surface area contributed by atoms with Crippen LogP contribution in [0.5, 0.6) is 0 Å². The van der Waals surface area contributed by atoms with E-state index in [4.69, 9.17) is 9.47 Å². The molecule has 0 aliphatic heterocycles. The maximum absolute atomic E-state index is 12.4. The van der Waals surface area contributed by atoms with Gasteiger partial charge in [0.2, 0.25) is 0 Å². The van der Waals surface area contributed by atoms with Crippen molar-refractivity contribution in [1.82, 2.24) is 10.3 Å². The molecule has 138 valence electrons. The molecular formula is C20H24N2O4. The fourth-order valence-electron chi connectivity index (χ4n) is 2.28. The van der Waals surface area contributed by atoms with E-state index in [0.717, 1.165) is 5.56 Å². The summed E-state index contributed by atoms with van der Waals surface area (Å²) in [4.78, 5) is 28.6. The van der Waals surface area contributed by atoms with Gasteiger partial charge < -0.3 is 14.8 Å². The fourth-order valence-corrected chi connectivity index (χ4v) is 2.28. The van der Waals surface area contributed by atoms with Crippen LogP contribution in [0, 0.1) is 5.92 Å². The molecule has 0 aliphatic rings. The predicted octanol–water partition coefficient (Wildman–Crippen LogP) is 3.47. The molecule has 6 nitrogen and oxygen atoms in total. The summed E-state index contributed by atoms with van der Waals surface area (Å²) in [5, 5.41) is 2.62. The van der Waals surface area contributed by atoms with Crippen LogP contribution >= 0.6 is 0 Å². The number of aromatic nitrogens is 1. The number of nitrogens with one attached hydrogen (secondary N) is 1. The standard InChI is InChI=1S/C20H24N2O4/c1-3-15(2)18(19(23)25-14-17-11-7-8-12-21-17)22-20(24)26-13-16-9-5-4-6-10-16/h4-12,15,18H,3,13-14H2,1-2H3,(H,22,24)/t15-,18-/m0/s1. The fraction of sp³-hybridized carbons (Fsp3) is 0.350. The Morgan fingerprint density at radius 3 is 2.42 bits per heavy atom. The number of benzene rings is 1. The molecule has 1 N–H and O–H groups in total. The van der Waals surface area contributed by atoms with Crippen molar-refractivity contribution in [3.63, 3.8) is 0 Å². The molecule has 2 rings (SSSR count). The maximum Gasteiger partial charge on any atom is 0.408 e. The van der Waals surface area contributed by atoms with Crippen molar-refractivity contribution < 1.29 is 19.1 Å². The maximum atomic E-state index is 12.4. The minimum Gasteiger partial charge on any atom is -0.458 e. The Kier molecular flexibility index (Phi) is 7.61. The summed E-state index contributed by atoms with van der Waals surface area (Å²) in [7, 11) is 0. The Balaban J connectivity index is 1.89. The molecule has 0 spiro atoms. The topological polar surface area (TPSA) is 77.5 Å². The second kappa shape index (κ2) is 10.2. The Hall–Kier alpha value is -2.89. The zero-order valence-corrected chi connectivity index (χ0v) is 15.1. The van der Waals surface area contributed by atoms with E-state index in [0.29, 0.717) is 12.1 Å². The molecule has 1 aromatic carbocycles. The predicted molar refractivity (Wildman–Crippen MR) is 97.0 cm³/mol. The second-order valence-corrected chi connectivity index (χ2v) is 6.00. The quantitative estimate of drug-likeness (QED) is 0.733. The van der Waals surface area contributed by atoms with Gasteiger partial charge in [0.25, 0.3) is 0 Å². The highest BCUT2D eigenvalue weighted by atomic mass is 16.6. The van der Waals surface area contributed by atoms with E-state index in [9.17, 15) is 9.59 Å². The SMILES string of the molecule is CC[C@H](C)[C@H](NC(=O)OCc1ccccc1)C(=O)OCc1ccccn1. The van der Waals surface area contributed by atoms with Gasteiger partial charge in [0.05, 0.1) is 5.69 Å². The van der Waals surface area contributed by atoms with Crippen molar-refractivity contribution in [3.05, 3.63) is 66.0 Å². The lowest BCUT2D eigenvalue weighted by Crippen LogP contribution is -2.46. The van der Waals surface area contributed by atoms with Crippen molar-refractivity contribution in [2.24, 2.45) is 5.92 Å². The minimum absolute atomic E-state index is 0.0628. The number of nitrogens with zero attached hydrogens (tertiary/aromatic N) is 1. The Bertz CT molecular complexity index is 691. The number of carbonyl (C=O) groups excluding carboxylic acids is 2. The van der Waals surface area contributed by atoms with E-state index in [-0.39, 0.29) is 19.1 Å². The highest BCUT2D eigenvalue weighted by Crippen LogP contribution is 2.11. The zero-order chi connectivity index (χ0) is 18.8. The first-order chi connectivity index (χ1) is 12.6. The molecule has 0 unspecified atom stereocenters. The van der Waals surface area contributed by atoms with Crippen LogP contribution in [0.1, 0.15) is 31.5 Å². The van der Waals surface area contributed by atoms with E-state index < -0.39 is 18.1 Å². The second-order valence-electron chi connectivity index (χ2n) is 6.00. The first-order valence-electron chi connectivity index (χ1n) is 8.64. The number of pyridine rings is 1. The van der Waals surface area contributed by atoms with E-state index in [1.807, 2.05) is 50.2 Å². The van der Waals surface area contributed by atoms with E-state index in [1.165, 1.54) is 0 Å². The molecule has 0 bridgehead atoms. The normalized spacial score (nSPS) is 12.7. The Morgan fingerprint density at radius 2 is 1.77 bits per heavy atom. The lowest BCUT2D eigenvalue weighted by Gasteiger charge is -2.22. The van der Waals surface area contributed by atoms with Gasteiger partial charge in [0.1, 0.15) is 19.3 Å². The van der Waals surface area contributed by atoms with Gasteiger partial charge in [-0.1, -0.05) is 56.7 Å². The molecule has 0 saturated heterocycles. The molecule has 1 heterocycles. The van der Waals surface area contributed by atoms with Crippen molar-refractivity contribution in [2.75, 3.05) is 0 Å².